The maximum atomic E-state index is 10.7. The number of hydrogen-bond acceptors (Lipinski definition) is 4. The van der Waals surface area contributed by atoms with E-state index in [-0.39, 0.29) is 5.91 Å². The Balaban J connectivity index is 0.000000168. The van der Waals surface area contributed by atoms with Crippen LogP contribution in [0.25, 0.3) is 0 Å². The standard InChI is InChI=1S/C6H7NOS.C4H7NO2/c8-5-4-6-7(5)2-1-3-9-6;1-2-3-7-4(5)6/h1-2,6H,3-4H2;2-3H,1H3,(H2,5,6)/t6-;/m1./s1. The summed E-state index contributed by atoms with van der Waals surface area (Å²) in [6.07, 6.45) is 6.69. The summed E-state index contributed by atoms with van der Waals surface area (Å²) in [4.78, 5) is 22.2. The van der Waals surface area contributed by atoms with Gasteiger partial charge in [-0.25, -0.2) is 4.79 Å². The summed E-state index contributed by atoms with van der Waals surface area (Å²) < 4.78 is 4.15. The number of β-lactam (4-membered cyclic amide) rings is 1. The summed E-state index contributed by atoms with van der Waals surface area (Å²) >= 11 is 1.84. The second kappa shape index (κ2) is 6.22. The van der Waals surface area contributed by atoms with E-state index in [1.165, 1.54) is 6.26 Å². The lowest BCUT2D eigenvalue weighted by atomic mass is 10.2. The van der Waals surface area contributed by atoms with Gasteiger partial charge >= 0.3 is 6.09 Å². The molecule has 1 fully saturated rings. The van der Waals surface area contributed by atoms with Crippen LogP contribution in [-0.4, -0.2) is 28.0 Å². The number of nitrogens with zero attached hydrogens (tertiary/aromatic N) is 1. The maximum Gasteiger partial charge on any atom is 0.409 e. The summed E-state index contributed by atoms with van der Waals surface area (Å²) in [5.74, 6) is 1.33. The van der Waals surface area contributed by atoms with E-state index in [1.54, 1.807) is 17.9 Å². The highest BCUT2D eigenvalue weighted by Gasteiger charge is 2.35. The van der Waals surface area contributed by atoms with Crippen molar-refractivity contribution in [2.75, 3.05) is 5.75 Å². The van der Waals surface area contributed by atoms with Crippen molar-refractivity contribution in [1.82, 2.24) is 4.90 Å². The van der Waals surface area contributed by atoms with Gasteiger partial charge in [0.2, 0.25) is 5.91 Å². The van der Waals surface area contributed by atoms with Gasteiger partial charge in [-0.05, 0) is 6.92 Å². The van der Waals surface area contributed by atoms with E-state index in [0.29, 0.717) is 5.37 Å². The lowest BCUT2D eigenvalue weighted by Gasteiger charge is -2.39. The van der Waals surface area contributed by atoms with Crippen LogP contribution in [0.5, 0.6) is 0 Å². The first-order chi connectivity index (χ1) is 7.65. The Labute approximate surface area is 98.3 Å². The summed E-state index contributed by atoms with van der Waals surface area (Å²) in [6, 6.07) is 0. The molecule has 0 aromatic heterocycles. The van der Waals surface area contributed by atoms with Crippen LogP contribution in [0.3, 0.4) is 0 Å². The molecular weight excluding hydrogens is 228 g/mol. The molecule has 1 atom stereocenters. The van der Waals surface area contributed by atoms with E-state index in [0.717, 1.165) is 12.2 Å². The highest BCUT2D eigenvalue weighted by Crippen LogP contribution is 2.32. The first-order valence-electron chi connectivity index (χ1n) is 4.82. The molecule has 0 bridgehead atoms. The van der Waals surface area contributed by atoms with Gasteiger partial charge in [0.05, 0.1) is 18.1 Å². The largest absolute Gasteiger partial charge is 0.419 e. The number of thioether (sulfide) groups is 1. The van der Waals surface area contributed by atoms with Gasteiger partial charge in [0.1, 0.15) is 0 Å². The zero-order valence-corrected chi connectivity index (χ0v) is 9.78. The minimum atomic E-state index is -0.780. The fraction of sp³-hybridized carbons (Fsp3) is 0.400. The van der Waals surface area contributed by atoms with Crippen molar-refractivity contribution in [3.63, 3.8) is 0 Å². The van der Waals surface area contributed by atoms with Crippen molar-refractivity contribution in [1.29, 1.82) is 0 Å². The van der Waals surface area contributed by atoms with Crippen LogP contribution in [0.1, 0.15) is 13.3 Å². The number of carbonyl (C=O) groups is 2. The molecular formula is C10H14N2O3S. The molecule has 16 heavy (non-hydrogen) atoms. The van der Waals surface area contributed by atoms with E-state index in [9.17, 15) is 9.59 Å². The third kappa shape index (κ3) is 3.62. The Hall–Kier alpha value is -1.43. The molecule has 2 amide bonds. The first-order valence-corrected chi connectivity index (χ1v) is 5.86. The maximum absolute atomic E-state index is 10.7. The molecule has 0 aromatic rings. The minimum Gasteiger partial charge on any atom is -0.419 e. The molecule has 0 unspecified atom stereocenters. The van der Waals surface area contributed by atoms with Crippen molar-refractivity contribution in [3.05, 3.63) is 24.6 Å². The van der Waals surface area contributed by atoms with Crippen molar-refractivity contribution in [3.8, 4) is 0 Å². The zero-order valence-electron chi connectivity index (χ0n) is 8.96. The van der Waals surface area contributed by atoms with Crippen molar-refractivity contribution < 1.29 is 14.3 Å². The number of amides is 2. The molecule has 0 aromatic carbocycles. The molecule has 2 aliphatic heterocycles. The van der Waals surface area contributed by atoms with Crippen LogP contribution in [0.4, 0.5) is 4.79 Å². The van der Waals surface area contributed by atoms with Gasteiger partial charge in [-0.3, -0.25) is 4.79 Å². The lowest BCUT2D eigenvalue weighted by Crippen LogP contribution is -2.48. The molecule has 1 saturated heterocycles. The number of primary amides is 1. The number of nitrogens with two attached hydrogens (primary N) is 1. The van der Waals surface area contributed by atoms with E-state index in [4.69, 9.17) is 0 Å². The number of carbonyl (C=O) groups excluding carboxylic acids is 2. The summed E-state index contributed by atoms with van der Waals surface area (Å²) in [6.45, 7) is 1.73. The molecule has 2 N–H and O–H groups in total. The molecule has 0 spiro atoms. The van der Waals surface area contributed by atoms with Gasteiger partial charge < -0.3 is 15.4 Å². The van der Waals surface area contributed by atoms with Gasteiger partial charge in [0.25, 0.3) is 0 Å². The van der Waals surface area contributed by atoms with Crippen LogP contribution in [0.15, 0.2) is 24.6 Å². The number of hydrogen-bond donors (Lipinski definition) is 1. The second-order valence-corrected chi connectivity index (χ2v) is 4.30. The van der Waals surface area contributed by atoms with Gasteiger partial charge in [0.15, 0.2) is 0 Å². The molecule has 88 valence electrons. The van der Waals surface area contributed by atoms with Crippen molar-refractivity contribution in [2.45, 2.75) is 18.7 Å². The van der Waals surface area contributed by atoms with Crippen LogP contribution >= 0.6 is 11.8 Å². The van der Waals surface area contributed by atoms with Gasteiger partial charge in [0, 0.05) is 12.0 Å². The van der Waals surface area contributed by atoms with Gasteiger partial charge in [-0.2, -0.15) is 0 Å². The predicted octanol–water partition coefficient (Wildman–Crippen LogP) is 1.42. The Kier molecular flexibility index (Phi) is 4.91. The fourth-order valence-electron chi connectivity index (χ4n) is 1.18. The Morgan fingerprint density at radius 3 is 2.88 bits per heavy atom. The van der Waals surface area contributed by atoms with E-state index < -0.39 is 6.09 Å². The molecule has 2 heterocycles. The number of ether oxygens (including phenoxy) is 1. The molecule has 0 saturated carbocycles. The van der Waals surface area contributed by atoms with Crippen LogP contribution in [0, 0.1) is 0 Å². The summed E-state index contributed by atoms with van der Waals surface area (Å²) in [7, 11) is 0. The highest BCUT2D eigenvalue weighted by molar-refractivity contribution is 8.00. The normalized spacial score (nSPS) is 21.9. The predicted molar refractivity (Wildman–Crippen MR) is 62.3 cm³/mol. The van der Waals surface area contributed by atoms with E-state index in [2.05, 4.69) is 10.5 Å². The van der Waals surface area contributed by atoms with Crippen LogP contribution in [-0.2, 0) is 9.53 Å². The van der Waals surface area contributed by atoms with Gasteiger partial charge in [-0.15, -0.1) is 11.8 Å². The SMILES string of the molecule is CC=COC(N)=O.O=C1C[C@H]2SCC=CN12. The minimum absolute atomic E-state index is 0.267. The second-order valence-electron chi connectivity index (χ2n) is 3.08. The molecule has 0 radical (unpaired) electrons. The zero-order chi connectivity index (χ0) is 12.0. The average molecular weight is 242 g/mol. The molecule has 0 aliphatic carbocycles. The Morgan fingerprint density at radius 1 is 1.75 bits per heavy atom. The number of rotatable bonds is 1. The van der Waals surface area contributed by atoms with Crippen molar-refractivity contribution >= 4 is 23.8 Å². The smallest absolute Gasteiger partial charge is 0.409 e. The monoisotopic (exact) mass is 242 g/mol. The summed E-state index contributed by atoms with van der Waals surface area (Å²) in [5, 5.41) is 0.475. The molecule has 6 heteroatoms. The van der Waals surface area contributed by atoms with E-state index >= 15 is 0 Å². The van der Waals surface area contributed by atoms with Crippen LogP contribution in [0.2, 0.25) is 0 Å². The average Bonchev–Trinajstić information content (AvgIpc) is 2.26. The van der Waals surface area contributed by atoms with Crippen molar-refractivity contribution in [2.24, 2.45) is 5.73 Å². The third-order valence-electron chi connectivity index (χ3n) is 1.92. The summed E-state index contributed by atoms with van der Waals surface area (Å²) in [5.41, 5.74) is 4.57. The van der Waals surface area contributed by atoms with Gasteiger partial charge in [-0.1, -0.05) is 12.2 Å². The molecule has 2 aliphatic rings. The first kappa shape index (κ1) is 12.6. The third-order valence-corrected chi connectivity index (χ3v) is 3.08. The van der Waals surface area contributed by atoms with E-state index in [1.807, 2.05) is 24.0 Å². The Bertz CT molecular complexity index is 328. The number of allylic oxidation sites excluding steroid dienone is 1. The number of fused-ring (bicyclic) bond motifs is 1. The molecule has 2 rings (SSSR count). The topological polar surface area (TPSA) is 72.6 Å². The molecule has 5 nitrogen and oxygen atoms in total. The Morgan fingerprint density at radius 2 is 2.50 bits per heavy atom. The van der Waals surface area contributed by atoms with Crippen LogP contribution < -0.4 is 5.73 Å². The fourth-order valence-corrected chi connectivity index (χ4v) is 2.21. The highest BCUT2D eigenvalue weighted by atomic mass is 32.2. The quantitative estimate of drug-likeness (QED) is 0.557. The lowest BCUT2D eigenvalue weighted by molar-refractivity contribution is -0.137.